The number of nitrogens with zero attached hydrogens (tertiary/aromatic N) is 4. The summed E-state index contributed by atoms with van der Waals surface area (Å²) in [4.78, 5) is 17.3. The Morgan fingerprint density at radius 1 is 1.52 bits per heavy atom. The maximum absolute atomic E-state index is 11.8. The van der Waals surface area contributed by atoms with E-state index in [1.54, 1.807) is 15.9 Å². The zero-order valence-electron chi connectivity index (χ0n) is 11.7. The number of fused-ring (bicyclic) bond motifs is 1. The molecule has 3 rings (SSSR count). The molecule has 0 aliphatic carbocycles. The highest BCUT2D eigenvalue weighted by Crippen LogP contribution is 2.31. The van der Waals surface area contributed by atoms with E-state index in [-0.39, 0.29) is 11.7 Å². The van der Waals surface area contributed by atoms with Gasteiger partial charge in [-0.05, 0) is 32.2 Å². The molecular formula is C12H16N6OS2. The number of thiazole rings is 1. The molecule has 0 aromatic carbocycles. The Labute approximate surface area is 129 Å². The van der Waals surface area contributed by atoms with Crippen LogP contribution in [0.4, 0.5) is 0 Å². The minimum absolute atomic E-state index is 0.0421. The molecular weight excluding hydrogens is 308 g/mol. The fraction of sp³-hybridized carbons (Fsp3) is 0.417. The molecule has 0 aliphatic heterocycles. The third kappa shape index (κ3) is 2.52. The lowest BCUT2D eigenvalue weighted by Gasteiger charge is -2.08. The van der Waals surface area contributed by atoms with Crippen LogP contribution in [0.2, 0.25) is 0 Å². The Hall–Kier alpha value is -1.58. The fourth-order valence-electron chi connectivity index (χ4n) is 2.16. The SMILES string of the molecule is CC(C)n1c(Sc2nc3sccn3c2CCN)n[nH]c1=O. The summed E-state index contributed by atoms with van der Waals surface area (Å²) in [5.74, 6) is 0. The van der Waals surface area contributed by atoms with Crippen LogP contribution >= 0.6 is 23.1 Å². The van der Waals surface area contributed by atoms with Crippen LogP contribution in [0, 0.1) is 0 Å². The van der Waals surface area contributed by atoms with Crippen LogP contribution in [0.5, 0.6) is 0 Å². The summed E-state index contributed by atoms with van der Waals surface area (Å²) in [5, 5.41) is 10.1. The predicted octanol–water partition coefficient (Wildman–Crippen LogP) is 1.51. The molecule has 7 nitrogen and oxygen atoms in total. The van der Waals surface area contributed by atoms with Crippen molar-refractivity contribution in [3.63, 3.8) is 0 Å². The average molecular weight is 324 g/mol. The van der Waals surface area contributed by atoms with Crippen molar-refractivity contribution in [2.24, 2.45) is 5.73 Å². The maximum Gasteiger partial charge on any atom is 0.344 e. The van der Waals surface area contributed by atoms with Gasteiger partial charge in [0.1, 0.15) is 5.03 Å². The van der Waals surface area contributed by atoms with Crippen molar-refractivity contribution in [3.8, 4) is 0 Å². The Kier molecular flexibility index (Phi) is 3.87. The van der Waals surface area contributed by atoms with E-state index in [4.69, 9.17) is 5.73 Å². The van der Waals surface area contributed by atoms with Crippen LogP contribution < -0.4 is 11.4 Å². The van der Waals surface area contributed by atoms with Crippen molar-refractivity contribution < 1.29 is 0 Å². The van der Waals surface area contributed by atoms with Gasteiger partial charge in [0.15, 0.2) is 10.1 Å². The summed E-state index contributed by atoms with van der Waals surface area (Å²) in [6.45, 7) is 4.45. The molecule has 9 heteroatoms. The van der Waals surface area contributed by atoms with Crippen molar-refractivity contribution in [2.45, 2.75) is 36.5 Å². The van der Waals surface area contributed by atoms with E-state index >= 15 is 0 Å². The molecule has 0 atom stereocenters. The van der Waals surface area contributed by atoms with Crippen LogP contribution in [0.3, 0.4) is 0 Å². The molecule has 0 fully saturated rings. The monoisotopic (exact) mass is 324 g/mol. The lowest BCUT2D eigenvalue weighted by Crippen LogP contribution is -2.19. The van der Waals surface area contributed by atoms with Gasteiger partial charge in [-0.3, -0.25) is 8.97 Å². The lowest BCUT2D eigenvalue weighted by molar-refractivity contribution is 0.534. The van der Waals surface area contributed by atoms with Crippen molar-refractivity contribution in [1.29, 1.82) is 0 Å². The van der Waals surface area contributed by atoms with Gasteiger partial charge in [0.25, 0.3) is 0 Å². The minimum Gasteiger partial charge on any atom is -0.330 e. The summed E-state index contributed by atoms with van der Waals surface area (Å²) in [7, 11) is 0. The molecule has 0 saturated heterocycles. The van der Waals surface area contributed by atoms with Crippen LogP contribution in [-0.4, -0.2) is 30.7 Å². The zero-order valence-corrected chi connectivity index (χ0v) is 13.4. The molecule has 0 amide bonds. The molecule has 3 aromatic rings. The molecule has 0 spiro atoms. The molecule has 0 unspecified atom stereocenters. The number of imidazole rings is 1. The number of aromatic amines is 1. The Morgan fingerprint density at radius 3 is 3.05 bits per heavy atom. The van der Waals surface area contributed by atoms with Crippen LogP contribution in [-0.2, 0) is 6.42 Å². The number of rotatable bonds is 5. The summed E-state index contributed by atoms with van der Waals surface area (Å²) in [6, 6.07) is 0.0421. The maximum atomic E-state index is 11.8. The van der Waals surface area contributed by atoms with Gasteiger partial charge in [0, 0.05) is 24.0 Å². The predicted molar refractivity (Wildman–Crippen MR) is 83.2 cm³/mol. The van der Waals surface area contributed by atoms with Gasteiger partial charge in [-0.2, -0.15) is 0 Å². The van der Waals surface area contributed by atoms with Crippen LogP contribution in [0.25, 0.3) is 4.96 Å². The van der Waals surface area contributed by atoms with Crippen molar-refractivity contribution in [1.82, 2.24) is 24.1 Å². The second-order valence-corrected chi connectivity index (χ2v) is 6.66. The first-order valence-corrected chi connectivity index (χ1v) is 8.30. The van der Waals surface area contributed by atoms with E-state index in [2.05, 4.69) is 15.2 Å². The summed E-state index contributed by atoms with van der Waals surface area (Å²) in [5.41, 5.74) is 6.56. The van der Waals surface area contributed by atoms with Gasteiger partial charge >= 0.3 is 5.69 Å². The average Bonchev–Trinajstić information content (AvgIpc) is 3.08. The third-order valence-electron chi connectivity index (χ3n) is 3.08. The quantitative estimate of drug-likeness (QED) is 0.742. The smallest absolute Gasteiger partial charge is 0.330 e. The molecule has 0 bridgehead atoms. The van der Waals surface area contributed by atoms with E-state index in [1.807, 2.05) is 29.8 Å². The van der Waals surface area contributed by atoms with Gasteiger partial charge < -0.3 is 5.73 Å². The summed E-state index contributed by atoms with van der Waals surface area (Å²) in [6.07, 6.45) is 2.72. The first-order valence-electron chi connectivity index (χ1n) is 6.61. The molecule has 3 heterocycles. The van der Waals surface area contributed by atoms with Crippen molar-refractivity contribution in [3.05, 3.63) is 27.8 Å². The largest absolute Gasteiger partial charge is 0.344 e. The summed E-state index contributed by atoms with van der Waals surface area (Å²) >= 11 is 2.98. The van der Waals surface area contributed by atoms with Crippen LogP contribution in [0.15, 0.2) is 26.6 Å². The second kappa shape index (κ2) is 5.66. The standard InChI is InChI=1S/C12H16N6OS2/c1-7(2)18-10(19)15-16-12(18)21-9-8(3-4-13)17-5-6-20-11(17)14-9/h5-7H,3-4,13H2,1-2H3,(H,15,19). The minimum atomic E-state index is -0.200. The molecule has 0 saturated carbocycles. The second-order valence-electron chi connectivity index (χ2n) is 4.84. The van der Waals surface area contributed by atoms with E-state index in [9.17, 15) is 4.79 Å². The van der Waals surface area contributed by atoms with Gasteiger partial charge in [0.05, 0.1) is 5.69 Å². The van der Waals surface area contributed by atoms with E-state index in [0.717, 1.165) is 22.1 Å². The summed E-state index contributed by atoms with van der Waals surface area (Å²) < 4.78 is 3.68. The Bertz CT molecular complexity index is 811. The highest BCUT2D eigenvalue weighted by atomic mass is 32.2. The van der Waals surface area contributed by atoms with Gasteiger partial charge in [-0.15, -0.1) is 16.4 Å². The first kappa shape index (κ1) is 14.4. The highest BCUT2D eigenvalue weighted by Gasteiger charge is 2.18. The normalized spacial score (nSPS) is 11.8. The molecule has 3 aromatic heterocycles. The van der Waals surface area contributed by atoms with Gasteiger partial charge in [-0.1, -0.05) is 0 Å². The Balaban J connectivity index is 2.03. The number of H-pyrrole nitrogens is 1. The molecule has 3 N–H and O–H groups in total. The molecule has 0 radical (unpaired) electrons. The number of aromatic nitrogens is 5. The first-order chi connectivity index (χ1) is 10.1. The zero-order chi connectivity index (χ0) is 15.0. The third-order valence-corrected chi connectivity index (χ3v) is 4.83. The van der Waals surface area contributed by atoms with Crippen molar-refractivity contribution in [2.75, 3.05) is 6.54 Å². The lowest BCUT2D eigenvalue weighted by atomic mass is 10.3. The Morgan fingerprint density at radius 2 is 2.33 bits per heavy atom. The number of nitrogens with one attached hydrogen (secondary N) is 1. The number of hydrogen-bond acceptors (Lipinski definition) is 6. The van der Waals surface area contributed by atoms with Crippen LogP contribution in [0.1, 0.15) is 25.6 Å². The number of nitrogens with two attached hydrogens (primary N) is 1. The molecule has 21 heavy (non-hydrogen) atoms. The van der Waals surface area contributed by atoms with Crippen molar-refractivity contribution >= 4 is 28.1 Å². The topological polar surface area (TPSA) is 94.0 Å². The molecule has 112 valence electrons. The number of hydrogen-bond donors (Lipinski definition) is 2. The van der Waals surface area contributed by atoms with E-state index in [1.165, 1.54) is 11.8 Å². The molecule has 0 aliphatic rings. The van der Waals surface area contributed by atoms with Gasteiger partial charge in [-0.25, -0.2) is 14.9 Å². The highest BCUT2D eigenvalue weighted by molar-refractivity contribution is 7.99. The van der Waals surface area contributed by atoms with E-state index in [0.29, 0.717) is 11.7 Å². The van der Waals surface area contributed by atoms with E-state index < -0.39 is 0 Å². The fourth-order valence-corrected chi connectivity index (χ4v) is 4.06. The van der Waals surface area contributed by atoms with Gasteiger partial charge in [0.2, 0.25) is 0 Å².